The van der Waals surface area contributed by atoms with Crippen LogP contribution in [0.3, 0.4) is 0 Å². The molecule has 2 heterocycles. The van der Waals surface area contributed by atoms with E-state index in [2.05, 4.69) is 20.3 Å². The van der Waals surface area contributed by atoms with Crippen molar-refractivity contribution in [1.29, 1.82) is 0 Å². The van der Waals surface area contributed by atoms with Gasteiger partial charge < -0.3 is 5.32 Å². The van der Waals surface area contributed by atoms with Crippen LogP contribution in [0, 0.1) is 18.6 Å². The lowest BCUT2D eigenvalue weighted by molar-refractivity contribution is 0.102. The molecule has 2 aromatic heterocycles. The largest absolute Gasteiger partial charge is 0.306 e. The monoisotopic (exact) mass is 315 g/mol. The van der Waals surface area contributed by atoms with Gasteiger partial charge in [0.25, 0.3) is 5.91 Å². The molecule has 0 radical (unpaired) electrons. The number of hydrogen-bond donors (Lipinski definition) is 1. The molecule has 116 valence electrons. The number of benzene rings is 1. The van der Waals surface area contributed by atoms with Crippen LogP contribution in [0.2, 0.25) is 0 Å². The molecule has 6 nitrogen and oxygen atoms in total. The average Bonchev–Trinajstić information content (AvgIpc) is 2.96. The standard InChI is InChI=1S/C15H11F2N5O/c1-9-18-4-5-22(9)14-7-13(19-8-20-14)21-15(23)10-2-3-11(16)12(17)6-10/h2-8H,1H3,(H,19,20,21,23). The van der Waals surface area contributed by atoms with Crippen molar-refractivity contribution >= 4 is 11.7 Å². The van der Waals surface area contributed by atoms with Crippen molar-refractivity contribution in [2.24, 2.45) is 0 Å². The second-order valence-electron chi connectivity index (χ2n) is 4.69. The Kier molecular flexibility index (Phi) is 3.80. The van der Waals surface area contributed by atoms with Crippen LogP contribution in [-0.4, -0.2) is 25.4 Å². The van der Waals surface area contributed by atoms with Gasteiger partial charge in [-0.1, -0.05) is 0 Å². The summed E-state index contributed by atoms with van der Waals surface area (Å²) in [5.74, 6) is -1.22. The van der Waals surface area contributed by atoms with Gasteiger partial charge in [-0.3, -0.25) is 9.36 Å². The van der Waals surface area contributed by atoms with Crippen LogP contribution in [0.15, 0.2) is 43.0 Å². The molecule has 0 bridgehead atoms. The van der Waals surface area contributed by atoms with Gasteiger partial charge in [0.2, 0.25) is 0 Å². The lowest BCUT2D eigenvalue weighted by Crippen LogP contribution is -2.14. The van der Waals surface area contributed by atoms with Crippen LogP contribution >= 0.6 is 0 Å². The van der Waals surface area contributed by atoms with Gasteiger partial charge in [-0.05, 0) is 25.1 Å². The zero-order valence-corrected chi connectivity index (χ0v) is 12.0. The van der Waals surface area contributed by atoms with Crippen LogP contribution in [0.1, 0.15) is 16.2 Å². The molecule has 0 unspecified atom stereocenters. The first-order valence-electron chi connectivity index (χ1n) is 6.63. The van der Waals surface area contributed by atoms with Crippen LogP contribution in [0.4, 0.5) is 14.6 Å². The molecule has 0 fully saturated rings. The predicted octanol–water partition coefficient (Wildman–Crippen LogP) is 2.50. The van der Waals surface area contributed by atoms with E-state index in [4.69, 9.17) is 0 Å². The predicted molar refractivity (Wildman–Crippen MR) is 78.2 cm³/mol. The first kappa shape index (κ1) is 14.8. The molecule has 23 heavy (non-hydrogen) atoms. The minimum atomic E-state index is -1.09. The van der Waals surface area contributed by atoms with E-state index < -0.39 is 17.5 Å². The normalized spacial score (nSPS) is 10.6. The number of rotatable bonds is 3. The molecule has 3 rings (SSSR count). The summed E-state index contributed by atoms with van der Waals surface area (Å²) in [6.45, 7) is 1.81. The second-order valence-corrected chi connectivity index (χ2v) is 4.69. The number of carbonyl (C=O) groups excluding carboxylic acids is 1. The van der Waals surface area contributed by atoms with Crippen molar-refractivity contribution in [3.8, 4) is 5.82 Å². The fourth-order valence-corrected chi connectivity index (χ4v) is 1.99. The zero-order chi connectivity index (χ0) is 16.4. The first-order chi connectivity index (χ1) is 11.0. The highest BCUT2D eigenvalue weighted by molar-refractivity contribution is 6.03. The molecule has 0 saturated carbocycles. The summed E-state index contributed by atoms with van der Waals surface area (Å²) in [4.78, 5) is 24.2. The van der Waals surface area contributed by atoms with Gasteiger partial charge in [-0.25, -0.2) is 23.7 Å². The Morgan fingerprint density at radius 3 is 2.65 bits per heavy atom. The first-order valence-corrected chi connectivity index (χ1v) is 6.63. The van der Waals surface area contributed by atoms with E-state index in [1.807, 2.05) is 6.92 Å². The summed E-state index contributed by atoms with van der Waals surface area (Å²) in [5.41, 5.74) is -0.0112. The number of halogens is 2. The summed E-state index contributed by atoms with van der Waals surface area (Å²) in [6, 6.07) is 4.46. The van der Waals surface area contributed by atoms with Gasteiger partial charge in [0.15, 0.2) is 11.6 Å². The van der Waals surface area contributed by atoms with Crippen LogP contribution in [0.5, 0.6) is 0 Å². The summed E-state index contributed by atoms with van der Waals surface area (Å²) in [6.07, 6.45) is 4.63. The van der Waals surface area contributed by atoms with Crippen molar-refractivity contribution in [3.05, 3.63) is 66.0 Å². The molecule has 0 saturated heterocycles. The minimum absolute atomic E-state index is 0.0112. The molecule has 0 spiro atoms. The lowest BCUT2D eigenvalue weighted by Gasteiger charge is -2.07. The molecule has 0 aliphatic carbocycles. The fraction of sp³-hybridized carbons (Fsp3) is 0.0667. The van der Waals surface area contributed by atoms with Gasteiger partial charge in [-0.2, -0.15) is 0 Å². The minimum Gasteiger partial charge on any atom is -0.306 e. The quantitative estimate of drug-likeness (QED) is 0.806. The smallest absolute Gasteiger partial charge is 0.256 e. The van der Waals surface area contributed by atoms with Crippen LogP contribution in [0.25, 0.3) is 5.82 Å². The Bertz CT molecular complexity index is 878. The highest BCUT2D eigenvalue weighted by Crippen LogP contribution is 2.13. The zero-order valence-electron chi connectivity index (χ0n) is 12.0. The number of imidazole rings is 1. The third-order valence-corrected chi connectivity index (χ3v) is 3.15. The highest BCUT2D eigenvalue weighted by atomic mass is 19.2. The Morgan fingerprint density at radius 2 is 1.96 bits per heavy atom. The third kappa shape index (κ3) is 3.05. The molecule has 0 atom stereocenters. The number of aryl methyl sites for hydroxylation is 1. The molecule has 0 aliphatic heterocycles. The number of aromatic nitrogens is 4. The maximum Gasteiger partial charge on any atom is 0.256 e. The van der Waals surface area contributed by atoms with E-state index in [9.17, 15) is 13.6 Å². The Balaban J connectivity index is 1.84. The Hall–Kier alpha value is -3.16. The summed E-state index contributed by atoms with van der Waals surface area (Å²) in [7, 11) is 0. The van der Waals surface area contributed by atoms with E-state index in [1.54, 1.807) is 23.0 Å². The number of amides is 1. The maximum atomic E-state index is 13.2. The van der Waals surface area contributed by atoms with Gasteiger partial charge >= 0.3 is 0 Å². The topological polar surface area (TPSA) is 72.7 Å². The Labute approximate surface area is 129 Å². The maximum absolute atomic E-state index is 13.2. The van der Waals surface area contributed by atoms with Gasteiger partial charge in [0, 0.05) is 24.0 Å². The molecule has 1 aromatic carbocycles. The number of nitrogens with one attached hydrogen (secondary N) is 1. The SMILES string of the molecule is Cc1nccn1-c1cc(NC(=O)c2ccc(F)c(F)c2)ncn1. The highest BCUT2D eigenvalue weighted by Gasteiger charge is 2.11. The van der Waals surface area contributed by atoms with E-state index in [-0.39, 0.29) is 11.4 Å². The van der Waals surface area contributed by atoms with Crippen molar-refractivity contribution < 1.29 is 13.6 Å². The van der Waals surface area contributed by atoms with Crippen molar-refractivity contribution in [1.82, 2.24) is 19.5 Å². The molecule has 3 aromatic rings. The lowest BCUT2D eigenvalue weighted by atomic mass is 10.2. The van der Waals surface area contributed by atoms with Crippen molar-refractivity contribution in [3.63, 3.8) is 0 Å². The molecule has 1 amide bonds. The van der Waals surface area contributed by atoms with Gasteiger partial charge in [0.05, 0.1) is 0 Å². The molecule has 8 heteroatoms. The van der Waals surface area contributed by atoms with Crippen LogP contribution < -0.4 is 5.32 Å². The van der Waals surface area contributed by atoms with E-state index in [0.717, 1.165) is 18.0 Å². The number of carbonyl (C=O) groups is 1. The van der Waals surface area contributed by atoms with E-state index in [1.165, 1.54) is 12.4 Å². The molecule has 1 N–H and O–H groups in total. The molecular formula is C15H11F2N5O. The summed E-state index contributed by atoms with van der Waals surface area (Å²) >= 11 is 0. The van der Waals surface area contributed by atoms with Gasteiger partial charge in [0.1, 0.15) is 23.8 Å². The van der Waals surface area contributed by atoms with Crippen LogP contribution in [-0.2, 0) is 0 Å². The molecular weight excluding hydrogens is 304 g/mol. The van der Waals surface area contributed by atoms with E-state index in [0.29, 0.717) is 5.82 Å². The average molecular weight is 315 g/mol. The van der Waals surface area contributed by atoms with E-state index >= 15 is 0 Å². The number of hydrogen-bond acceptors (Lipinski definition) is 4. The number of nitrogens with zero attached hydrogens (tertiary/aromatic N) is 4. The van der Waals surface area contributed by atoms with Crippen molar-refractivity contribution in [2.45, 2.75) is 6.92 Å². The number of anilines is 1. The fourth-order valence-electron chi connectivity index (χ4n) is 1.99. The third-order valence-electron chi connectivity index (χ3n) is 3.15. The molecule has 0 aliphatic rings. The van der Waals surface area contributed by atoms with Crippen molar-refractivity contribution in [2.75, 3.05) is 5.32 Å². The van der Waals surface area contributed by atoms with Gasteiger partial charge in [-0.15, -0.1) is 0 Å². The second kappa shape index (κ2) is 5.91. The summed E-state index contributed by atoms with van der Waals surface area (Å²) < 4.78 is 27.8. The Morgan fingerprint density at radius 1 is 1.13 bits per heavy atom. The summed E-state index contributed by atoms with van der Waals surface area (Å²) in [5, 5.41) is 2.51.